The fourth-order valence-corrected chi connectivity index (χ4v) is 1.25. The highest BCUT2D eigenvalue weighted by atomic mass is 19.1. The Labute approximate surface area is 90.9 Å². The number of aromatic nitrogens is 3. The lowest BCUT2D eigenvalue weighted by Crippen LogP contribution is -2.18. The van der Waals surface area contributed by atoms with Gasteiger partial charge >= 0.3 is 0 Å². The first-order chi connectivity index (χ1) is 7.70. The van der Waals surface area contributed by atoms with E-state index >= 15 is 0 Å². The van der Waals surface area contributed by atoms with Gasteiger partial charge in [-0.05, 0) is 12.1 Å². The van der Waals surface area contributed by atoms with E-state index in [0.717, 1.165) is 0 Å². The van der Waals surface area contributed by atoms with E-state index in [2.05, 4.69) is 15.4 Å². The average molecular weight is 220 g/mol. The Kier molecular flexibility index (Phi) is 2.63. The molecule has 0 atom stereocenters. The normalized spacial score (nSPS) is 10.1. The molecule has 0 bridgehead atoms. The van der Waals surface area contributed by atoms with Crippen LogP contribution in [0.15, 0.2) is 30.6 Å². The van der Waals surface area contributed by atoms with Gasteiger partial charge in [0, 0.05) is 25.5 Å². The number of hydrogen-bond donors (Lipinski definition) is 1. The SMILES string of the molecule is CNC(=O)c1ccn(-c2ccnc(F)c2)n1. The molecule has 0 aliphatic carbocycles. The van der Waals surface area contributed by atoms with Crippen LogP contribution in [-0.2, 0) is 0 Å². The van der Waals surface area contributed by atoms with Gasteiger partial charge in [0.1, 0.15) is 0 Å². The number of carbonyl (C=O) groups is 1. The van der Waals surface area contributed by atoms with Crippen molar-refractivity contribution in [3.05, 3.63) is 42.2 Å². The predicted octanol–water partition coefficient (Wildman–Crippen LogP) is 0.766. The van der Waals surface area contributed by atoms with Crippen molar-refractivity contribution < 1.29 is 9.18 Å². The maximum Gasteiger partial charge on any atom is 0.271 e. The van der Waals surface area contributed by atoms with Crippen LogP contribution in [0.3, 0.4) is 0 Å². The Morgan fingerprint density at radius 1 is 1.50 bits per heavy atom. The number of carbonyl (C=O) groups excluding carboxylic acids is 1. The van der Waals surface area contributed by atoms with Crippen molar-refractivity contribution in [1.82, 2.24) is 20.1 Å². The van der Waals surface area contributed by atoms with Crippen molar-refractivity contribution >= 4 is 5.91 Å². The molecule has 0 spiro atoms. The summed E-state index contributed by atoms with van der Waals surface area (Å²) in [5.41, 5.74) is 0.794. The van der Waals surface area contributed by atoms with Crippen LogP contribution >= 0.6 is 0 Å². The smallest absolute Gasteiger partial charge is 0.271 e. The highest BCUT2D eigenvalue weighted by Crippen LogP contribution is 2.07. The zero-order valence-electron chi connectivity index (χ0n) is 8.51. The number of rotatable bonds is 2. The summed E-state index contributed by atoms with van der Waals surface area (Å²) in [6.45, 7) is 0. The van der Waals surface area contributed by atoms with E-state index in [9.17, 15) is 9.18 Å². The van der Waals surface area contributed by atoms with Gasteiger partial charge in [0.15, 0.2) is 5.69 Å². The summed E-state index contributed by atoms with van der Waals surface area (Å²) in [4.78, 5) is 14.7. The molecule has 6 heteroatoms. The monoisotopic (exact) mass is 220 g/mol. The molecule has 16 heavy (non-hydrogen) atoms. The molecule has 2 aromatic heterocycles. The Morgan fingerprint density at radius 3 is 3.00 bits per heavy atom. The summed E-state index contributed by atoms with van der Waals surface area (Å²) < 4.78 is 14.3. The maximum atomic E-state index is 12.9. The Balaban J connectivity index is 2.35. The quantitative estimate of drug-likeness (QED) is 0.760. The number of halogens is 1. The Morgan fingerprint density at radius 2 is 2.31 bits per heavy atom. The van der Waals surface area contributed by atoms with Crippen molar-refractivity contribution in [3.8, 4) is 5.69 Å². The molecule has 2 heterocycles. The topological polar surface area (TPSA) is 59.8 Å². The number of pyridine rings is 1. The molecule has 0 saturated heterocycles. The van der Waals surface area contributed by atoms with E-state index in [1.54, 1.807) is 18.3 Å². The van der Waals surface area contributed by atoms with Crippen LogP contribution in [-0.4, -0.2) is 27.7 Å². The number of nitrogens with zero attached hydrogens (tertiary/aromatic N) is 3. The summed E-state index contributed by atoms with van der Waals surface area (Å²) in [6, 6.07) is 4.39. The zero-order chi connectivity index (χ0) is 11.5. The number of amides is 1. The van der Waals surface area contributed by atoms with E-state index in [-0.39, 0.29) is 11.6 Å². The summed E-state index contributed by atoms with van der Waals surface area (Å²) in [5.74, 6) is -0.872. The molecule has 5 nitrogen and oxygen atoms in total. The van der Waals surface area contributed by atoms with Crippen molar-refractivity contribution in [2.24, 2.45) is 0 Å². The lowest BCUT2D eigenvalue weighted by atomic mass is 10.4. The minimum absolute atomic E-state index is 0.278. The van der Waals surface area contributed by atoms with Gasteiger partial charge in [-0.2, -0.15) is 9.49 Å². The summed E-state index contributed by atoms with van der Waals surface area (Å²) in [7, 11) is 1.52. The first-order valence-electron chi connectivity index (χ1n) is 4.60. The van der Waals surface area contributed by atoms with Gasteiger partial charge in [-0.25, -0.2) is 9.67 Å². The molecular formula is C10H9FN4O. The van der Waals surface area contributed by atoms with Gasteiger partial charge in [-0.15, -0.1) is 0 Å². The lowest BCUT2D eigenvalue weighted by molar-refractivity contribution is 0.0958. The van der Waals surface area contributed by atoms with Crippen molar-refractivity contribution in [3.63, 3.8) is 0 Å². The molecule has 0 fully saturated rings. The molecule has 0 aliphatic heterocycles. The minimum atomic E-state index is -0.588. The molecule has 2 aromatic rings. The van der Waals surface area contributed by atoms with Crippen LogP contribution in [0.2, 0.25) is 0 Å². The molecule has 82 valence electrons. The second-order valence-electron chi connectivity index (χ2n) is 3.06. The number of nitrogens with one attached hydrogen (secondary N) is 1. The largest absolute Gasteiger partial charge is 0.354 e. The second-order valence-corrected chi connectivity index (χ2v) is 3.06. The molecule has 0 saturated carbocycles. The minimum Gasteiger partial charge on any atom is -0.354 e. The standard InChI is InChI=1S/C10H9FN4O/c1-12-10(16)8-3-5-15(14-8)7-2-4-13-9(11)6-7/h2-6H,1H3,(H,12,16). The fourth-order valence-electron chi connectivity index (χ4n) is 1.25. The maximum absolute atomic E-state index is 12.9. The molecule has 0 unspecified atom stereocenters. The molecule has 1 amide bonds. The molecule has 0 radical (unpaired) electrons. The van der Waals surface area contributed by atoms with E-state index in [1.165, 1.54) is 24.0 Å². The summed E-state index contributed by atoms with van der Waals surface area (Å²) in [6.07, 6.45) is 2.92. The average Bonchev–Trinajstić information content (AvgIpc) is 2.77. The fraction of sp³-hybridized carbons (Fsp3) is 0.100. The van der Waals surface area contributed by atoms with Crippen molar-refractivity contribution in [2.75, 3.05) is 7.05 Å². The van der Waals surface area contributed by atoms with E-state index in [0.29, 0.717) is 5.69 Å². The predicted molar refractivity (Wildman–Crippen MR) is 54.7 cm³/mol. The van der Waals surface area contributed by atoms with Gasteiger partial charge in [0.25, 0.3) is 5.91 Å². The van der Waals surface area contributed by atoms with Crippen LogP contribution in [0.4, 0.5) is 4.39 Å². The highest BCUT2D eigenvalue weighted by molar-refractivity contribution is 5.91. The lowest BCUT2D eigenvalue weighted by Gasteiger charge is -1.99. The van der Waals surface area contributed by atoms with Gasteiger partial charge in [-0.1, -0.05) is 0 Å². The van der Waals surface area contributed by atoms with Crippen molar-refractivity contribution in [2.45, 2.75) is 0 Å². The van der Waals surface area contributed by atoms with Crippen LogP contribution in [0, 0.1) is 5.95 Å². The van der Waals surface area contributed by atoms with Gasteiger partial charge in [0.05, 0.1) is 5.69 Å². The molecular weight excluding hydrogens is 211 g/mol. The molecule has 2 rings (SSSR count). The Bertz CT molecular complexity index is 523. The third-order valence-electron chi connectivity index (χ3n) is 2.02. The second kappa shape index (κ2) is 4.09. The molecule has 0 aromatic carbocycles. The Hall–Kier alpha value is -2.24. The summed E-state index contributed by atoms with van der Waals surface area (Å²) >= 11 is 0. The van der Waals surface area contributed by atoms with Gasteiger partial charge < -0.3 is 5.32 Å². The van der Waals surface area contributed by atoms with Crippen molar-refractivity contribution in [1.29, 1.82) is 0 Å². The van der Waals surface area contributed by atoms with Crippen LogP contribution in [0.25, 0.3) is 5.69 Å². The van der Waals surface area contributed by atoms with Gasteiger partial charge in [-0.3, -0.25) is 4.79 Å². The van der Waals surface area contributed by atoms with Crippen LogP contribution in [0.5, 0.6) is 0 Å². The molecule has 0 aliphatic rings. The van der Waals surface area contributed by atoms with Crippen LogP contribution < -0.4 is 5.32 Å². The third kappa shape index (κ3) is 1.90. The summed E-state index contributed by atoms with van der Waals surface area (Å²) in [5, 5.41) is 6.46. The first kappa shape index (κ1) is 10.3. The highest BCUT2D eigenvalue weighted by Gasteiger charge is 2.08. The third-order valence-corrected chi connectivity index (χ3v) is 2.02. The van der Waals surface area contributed by atoms with E-state index in [1.807, 2.05) is 0 Å². The van der Waals surface area contributed by atoms with Crippen LogP contribution in [0.1, 0.15) is 10.5 Å². The van der Waals surface area contributed by atoms with E-state index < -0.39 is 5.95 Å². The molecule has 1 N–H and O–H groups in total. The van der Waals surface area contributed by atoms with E-state index in [4.69, 9.17) is 0 Å². The van der Waals surface area contributed by atoms with Gasteiger partial charge in [0.2, 0.25) is 5.95 Å². The number of hydrogen-bond acceptors (Lipinski definition) is 3. The zero-order valence-corrected chi connectivity index (χ0v) is 8.51. The first-order valence-corrected chi connectivity index (χ1v) is 4.60.